The summed E-state index contributed by atoms with van der Waals surface area (Å²) in [5.74, 6) is 0.297. The number of ether oxygens (including phenoxy) is 1. The molecule has 1 saturated carbocycles. The molecule has 2 heteroatoms. The summed E-state index contributed by atoms with van der Waals surface area (Å²) in [6.07, 6.45) is 3.14. The van der Waals surface area contributed by atoms with Gasteiger partial charge in [0.05, 0.1) is 5.92 Å². The standard InChI is InChI=1S/C19H18O2/c20-18-16-12-7-13-17(16)19(21-18,14-8-3-1-4-9-14)15-10-5-2-6-11-15/h1-6,8-11,16-17H,7,12-13H2/t16-,17+/m1/s1. The van der Waals surface area contributed by atoms with Crippen molar-refractivity contribution < 1.29 is 9.53 Å². The van der Waals surface area contributed by atoms with Crippen molar-refractivity contribution in [3.63, 3.8) is 0 Å². The van der Waals surface area contributed by atoms with Gasteiger partial charge < -0.3 is 4.74 Å². The zero-order valence-electron chi connectivity index (χ0n) is 11.9. The Labute approximate surface area is 124 Å². The molecule has 1 heterocycles. The Morgan fingerprint density at radius 2 is 1.43 bits per heavy atom. The van der Waals surface area contributed by atoms with E-state index in [-0.39, 0.29) is 17.8 Å². The van der Waals surface area contributed by atoms with Gasteiger partial charge in [0.25, 0.3) is 0 Å². The monoisotopic (exact) mass is 278 g/mol. The van der Waals surface area contributed by atoms with Gasteiger partial charge in [0, 0.05) is 17.0 Å². The molecule has 2 nitrogen and oxygen atoms in total. The molecule has 0 aromatic heterocycles. The third-order valence-electron chi connectivity index (χ3n) is 5.01. The smallest absolute Gasteiger partial charge is 0.310 e. The average molecular weight is 278 g/mol. The van der Waals surface area contributed by atoms with Crippen LogP contribution in [0, 0.1) is 11.8 Å². The van der Waals surface area contributed by atoms with E-state index in [1.54, 1.807) is 0 Å². The van der Waals surface area contributed by atoms with Crippen molar-refractivity contribution in [1.82, 2.24) is 0 Å². The first-order valence-electron chi connectivity index (χ1n) is 7.66. The van der Waals surface area contributed by atoms with Gasteiger partial charge in [0.15, 0.2) is 5.60 Å². The number of hydrogen-bond acceptors (Lipinski definition) is 2. The Kier molecular flexibility index (Phi) is 2.85. The molecule has 0 spiro atoms. The van der Waals surface area contributed by atoms with Crippen molar-refractivity contribution in [1.29, 1.82) is 0 Å². The highest BCUT2D eigenvalue weighted by atomic mass is 16.6. The van der Waals surface area contributed by atoms with Crippen LogP contribution in [0.3, 0.4) is 0 Å². The van der Waals surface area contributed by atoms with E-state index >= 15 is 0 Å². The predicted molar refractivity (Wildman–Crippen MR) is 80.6 cm³/mol. The Bertz CT molecular complexity index is 608. The summed E-state index contributed by atoms with van der Waals surface area (Å²) in [4.78, 5) is 12.4. The van der Waals surface area contributed by atoms with Gasteiger partial charge in [-0.25, -0.2) is 0 Å². The first kappa shape index (κ1) is 12.6. The fourth-order valence-corrected chi connectivity index (χ4v) is 4.12. The normalized spacial score (nSPS) is 26.4. The van der Waals surface area contributed by atoms with Crippen molar-refractivity contribution in [2.75, 3.05) is 0 Å². The van der Waals surface area contributed by atoms with Crippen molar-refractivity contribution >= 4 is 5.97 Å². The van der Waals surface area contributed by atoms with E-state index in [2.05, 4.69) is 24.3 Å². The molecule has 21 heavy (non-hydrogen) atoms. The molecule has 2 aromatic rings. The zero-order chi connectivity index (χ0) is 14.3. The van der Waals surface area contributed by atoms with Crippen molar-refractivity contribution in [2.24, 2.45) is 11.8 Å². The lowest BCUT2D eigenvalue weighted by molar-refractivity contribution is -0.149. The number of carbonyl (C=O) groups excluding carboxylic acids is 1. The van der Waals surface area contributed by atoms with E-state index in [1.807, 2.05) is 36.4 Å². The van der Waals surface area contributed by atoms with Crippen LogP contribution in [-0.4, -0.2) is 5.97 Å². The lowest BCUT2D eigenvalue weighted by atomic mass is 9.74. The van der Waals surface area contributed by atoms with Crippen LogP contribution < -0.4 is 0 Å². The van der Waals surface area contributed by atoms with E-state index in [1.165, 1.54) is 0 Å². The topological polar surface area (TPSA) is 26.3 Å². The maximum absolute atomic E-state index is 12.4. The van der Waals surface area contributed by atoms with Crippen LogP contribution in [0.2, 0.25) is 0 Å². The van der Waals surface area contributed by atoms with Gasteiger partial charge in [-0.05, 0) is 12.8 Å². The highest BCUT2D eigenvalue weighted by Crippen LogP contribution is 2.55. The molecule has 1 aliphatic heterocycles. The molecular formula is C19H18O2. The van der Waals surface area contributed by atoms with Crippen LogP contribution in [0.1, 0.15) is 30.4 Å². The second-order valence-corrected chi connectivity index (χ2v) is 6.03. The summed E-state index contributed by atoms with van der Waals surface area (Å²) in [5, 5.41) is 0. The van der Waals surface area contributed by atoms with Crippen LogP contribution in [0.25, 0.3) is 0 Å². The van der Waals surface area contributed by atoms with E-state index in [0.29, 0.717) is 0 Å². The van der Waals surface area contributed by atoms with Crippen molar-refractivity contribution in [2.45, 2.75) is 24.9 Å². The molecule has 0 N–H and O–H groups in total. The molecule has 106 valence electrons. The van der Waals surface area contributed by atoms with Crippen molar-refractivity contribution in [3.05, 3.63) is 71.8 Å². The molecule has 0 unspecified atom stereocenters. The highest BCUT2D eigenvalue weighted by Gasteiger charge is 2.58. The molecule has 2 fully saturated rings. The van der Waals surface area contributed by atoms with Crippen LogP contribution >= 0.6 is 0 Å². The van der Waals surface area contributed by atoms with Gasteiger partial charge in [0.2, 0.25) is 0 Å². The van der Waals surface area contributed by atoms with Crippen molar-refractivity contribution in [3.8, 4) is 0 Å². The van der Waals surface area contributed by atoms with Crippen LogP contribution in [0.4, 0.5) is 0 Å². The van der Waals surface area contributed by atoms with E-state index < -0.39 is 5.60 Å². The van der Waals surface area contributed by atoms with Gasteiger partial charge >= 0.3 is 5.97 Å². The molecule has 0 bridgehead atoms. The van der Waals surface area contributed by atoms with Gasteiger partial charge in [0.1, 0.15) is 0 Å². The van der Waals surface area contributed by atoms with Gasteiger partial charge in [-0.3, -0.25) is 4.79 Å². The summed E-state index contributed by atoms with van der Waals surface area (Å²) in [5.41, 5.74) is 1.60. The summed E-state index contributed by atoms with van der Waals surface area (Å²) in [7, 11) is 0. The van der Waals surface area contributed by atoms with Crippen LogP contribution in [0.5, 0.6) is 0 Å². The fraction of sp³-hybridized carbons (Fsp3) is 0.316. The Morgan fingerprint density at radius 1 is 0.857 bits per heavy atom. The number of carbonyl (C=O) groups is 1. The number of hydrogen-bond donors (Lipinski definition) is 0. The number of esters is 1. The molecule has 2 aliphatic rings. The van der Waals surface area contributed by atoms with Gasteiger partial charge in [-0.15, -0.1) is 0 Å². The average Bonchev–Trinajstić information content (AvgIpc) is 3.13. The lowest BCUT2D eigenvalue weighted by Gasteiger charge is -2.34. The quantitative estimate of drug-likeness (QED) is 0.779. The summed E-state index contributed by atoms with van der Waals surface area (Å²) < 4.78 is 6.05. The SMILES string of the molecule is O=C1OC(c2ccccc2)(c2ccccc2)[C@H]2CCC[C@@H]12. The van der Waals surface area contributed by atoms with Gasteiger partial charge in [-0.2, -0.15) is 0 Å². The minimum atomic E-state index is -0.596. The Balaban J connectivity index is 1.94. The predicted octanol–water partition coefficient (Wildman–Crippen LogP) is 3.90. The maximum atomic E-state index is 12.4. The number of cyclic esters (lactones) is 1. The van der Waals surface area contributed by atoms with E-state index in [9.17, 15) is 4.79 Å². The van der Waals surface area contributed by atoms with Crippen LogP contribution in [0.15, 0.2) is 60.7 Å². The molecular weight excluding hydrogens is 260 g/mol. The van der Waals surface area contributed by atoms with Crippen LogP contribution in [-0.2, 0) is 15.1 Å². The zero-order valence-corrected chi connectivity index (χ0v) is 11.9. The molecule has 1 saturated heterocycles. The first-order chi connectivity index (χ1) is 10.3. The lowest BCUT2D eigenvalue weighted by Crippen LogP contribution is -2.34. The first-order valence-corrected chi connectivity index (χ1v) is 7.66. The van der Waals surface area contributed by atoms with E-state index in [0.717, 1.165) is 30.4 Å². The Hall–Kier alpha value is -2.09. The number of rotatable bonds is 2. The molecule has 0 amide bonds. The summed E-state index contributed by atoms with van der Waals surface area (Å²) >= 11 is 0. The Morgan fingerprint density at radius 3 is 2.00 bits per heavy atom. The largest absolute Gasteiger partial charge is 0.449 e. The summed E-state index contributed by atoms with van der Waals surface area (Å²) in [6.45, 7) is 0. The third-order valence-corrected chi connectivity index (χ3v) is 5.01. The maximum Gasteiger partial charge on any atom is 0.310 e. The molecule has 0 radical (unpaired) electrons. The summed E-state index contributed by atoms with van der Waals surface area (Å²) in [6, 6.07) is 20.4. The fourth-order valence-electron chi connectivity index (χ4n) is 4.12. The minimum absolute atomic E-state index is 0.0230. The second-order valence-electron chi connectivity index (χ2n) is 6.03. The minimum Gasteiger partial charge on any atom is -0.449 e. The second kappa shape index (κ2) is 4.73. The third kappa shape index (κ3) is 1.75. The number of benzene rings is 2. The number of fused-ring (bicyclic) bond motifs is 1. The molecule has 1 aliphatic carbocycles. The molecule has 2 aromatic carbocycles. The highest BCUT2D eigenvalue weighted by molar-refractivity contribution is 5.78. The molecule has 4 rings (SSSR count). The van der Waals surface area contributed by atoms with Gasteiger partial charge in [-0.1, -0.05) is 67.1 Å². The molecule has 2 atom stereocenters. The van der Waals surface area contributed by atoms with E-state index in [4.69, 9.17) is 4.74 Å².